The van der Waals surface area contributed by atoms with Gasteiger partial charge in [-0.2, -0.15) is 0 Å². The maximum Gasteiger partial charge on any atom is 0.127 e. The third-order valence-corrected chi connectivity index (χ3v) is 4.03. The van der Waals surface area contributed by atoms with E-state index >= 15 is 0 Å². The summed E-state index contributed by atoms with van der Waals surface area (Å²) in [5.74, 6) is 0.885. The summed E-state index contributed by atoms with van der Waals surface area (Å²) in [4.78, 5) is 4.39. The first-order valence-corrected chi connectivity index (χ1v) is 6.94. The first-order valence-electron chi connectivity index (χ1n) is 5.77. The molecule has 1 heterocycles. The van der Waals surface area contributed by atoms with Crippen molar-refractivity contribution in [2.24, 2.45) is 12.8 Å². The normalized spacial score (nSPS) is 10.9. The number of hydrogen-bond acceptors (Lipinski definition) is 2. The smallest absolute Gasteiger partial charge is 0.127 e. The third kappa shape index (κ3) is 2.76. The molecule has 0 fully saturated rings. The molecule has 0 radical (unpaired) electrons. The highest BCUT2D eigenvalue weighted by atomic mass is 79.9. The molecular weight excluding hydrogens is 314 g/mol. The lowest BCUT2D eigenvalue weighted by Gasteiger charge is -2.06. The van der Waals surface area contributed by atoms with E-state index in [0.717, 1.165) is 39.5 Å². The summed E-state index contributed by atoms with van der Waals surface area (Å²) in [6, 6.07) is 7.92. The second kappa shape index (κ2) is 5.87. The van der Waals surface area contributed by atoms with Gasteiger partial charge in [0.25, 0.3) is 0 Å². The summed E-state index contributed by atoms with van der Waals surface area (Å²) in [6.07, 6.45) is 1.77. The van der Waals surface area contributed by atoms with Gasteiger partial charge in [-0.1, -0.05) is 29.8 Å². The average Bonchev–Trinajstić information content (AvgIpc) is 2.64. The van der Waals surface area contributed by atoms with Crippen LogP contribution in [0, 0.1) is 0 Å². The molecule has 0 bridgehead atoms. The number of nitrogens with zero attached hydrogens (tertiary/aromatic N) is 2. The van der Waals surface area contributed by atoms with E-state index in [0.29, 0.717) is 6.54 Å². The van der Waals surface area contributed by atoms with E-state index in [9.17, 15) is 0 Å². The zero-order valence-corrected chi connectivity index (χ0v) is 12.5. The average molecular weight is 329 g/mol. The number of aromatic nitrogens is 2. The van der Waals surface area contributed by atoms with Crippen LogP contribution in [0.25, 0.3) is 0 Å². The van der Waals surface area contributed by atoms with E-state index in [1.165, 1.54) is 0 Å². The Hall–Kier alpha value is -0.840. The minimum atomic E-state index is 0.446. The van der Waals surface area contributed by atoms with Crippen LogP contribution in [0.3, 0.4) is 0 Å². The van der Waals surface area contributed by atoms with Crippen LogP contribution in [-0.4, -0.2) is 9.55 Å². The Balaban J connectivity index is 2.16. The van der Waals surface area contributed by atoms with Crippen LogP contribution < -0.4 is 5.73 Å². The first-order chi connectivity index (χ1) is 8.63. The van der Waals surface area contributed by atoms with E-state index in [1.54, 1.807) is 0 Å². The Bertz CT molecular complexity index is 551. The molecule has 0 unspecified atom stereocenters. The fraction of sp³-hybridized carbons (Fsp3) is 0.308. The minimum absolute atomic E-state index is 0.446. The van der Waals surface area contributed by atoms with Crippen LogP contribution in [0.5, 0.6) is 0 Å². The van der Waals surface area contributed by atoms with Gasteiger partial charge in [-0.3, -0.25) is 0 Å². The summed E-state index contributed by atoms with van der Waals surface area (Å²) < 4.78 is 2.92. The fourth-order valence-electron chi connectivity index (χ4n) is 1.95. The molecule has 0 spiro atoms. The highest BCUT2D eigenvalue weighted by Gasteiger charge is 2.12. The van der Waals surface area contributed by atoms with Gasteiger partial charge in [0.2, 0.25) is 0 Å². The quantitative estimate of drug-likeness (QED) is 0.937. The molecule has 0 aliphatic heterocycles. The van der Waals surface area contributed by atoms with E-state index in [1.807, 2.05) is 29.8 Å². The molecule has 1 aromatic heterocycles. The Labute approximate surface area is 120 Å². The second-order valence-electron chi connectivity index (χ2n) is 4.12. The predicted molar refractivity (Wildman–Crippen MR) is 77.7 cm³/mol. The largest absolute Gasteiger partial charge is 0.333 e. The lowest BCUT2D eigenvalue weighted by atomic mass is 10.1. The van der Waals surface area contributed by atoms with Gasteiger partial charge >= 0.3 is 0 Å². The molecule has 0 amide bonds. The van der Waals surface area contributed by atoms with Crippen LogP contribution >= 0.6 is 27.5 Å². The first kappa shape index (κ1) is 13.6. The molecule has 18 heavy (non-hydrogen) atoms. The van der Waals surface area contributed by atoms with Crippen molar-refractivity contribution < 1.29 is 0 Å². The minimum Gasteiger partial charge on any atom is -0.333 e. The number of benzene rings is 1. The summed E-state index contributed by atoms with van der Waals surface area (Å²) in [5.41, 5.74) is 7.94. The van der Waals surface area contributed by atoms with Crippen molar-refractivity contribution in [3.05, 3.63) is 51.0 Å². The highest BCUT2D eigenvalue weighted by Crippen LogP contribution is 2.21. The van der Waals surface area contributed by atoms with Crippen LogP contribution in [0.2, 0.25) is 5.02 Å². The molecule has 0 saturated heterocycles. The van der Waals surface area contributed by atoms with Crippen LogP contribution in [0.1, 0.15) is 17.1 Å². The van der Waals surface area contributed by atoms with Crippen LogP contribution in [-0.2, 0) is 26.4 Å². The fourth-order valence-corrected chi connectivity index (χ4v) is 2.85. The maximum atomic E-state index is 6.15. The number of imidazole rings is 1. The van der Waals surface area contributed by atoms with Gasteiger partial charge in [0.1, 0.15) is 10.4 Å². The molecule has 0 aliphatic rings. The van der Waals surface area contributed by atoms with Crippen molar-refractivity contribution in [2.75, 3.05) is 0 Å². The Kier molecular flexibility index (Phi) is 4.43. The molecular formula is C13H15BrClN3. The van der Waals surface area contributed by atoms with Gasteiger partial charge < -0.3 is 10.3 Å². The molecule has 3 nitrogen and oxygen atoms in total. The molecule has 0 atom stereocenters. The molecule has 0 saturated carbocycles. The molecule has 0 aliphatic carbocycles. The zero-order valence-electron chi connectivity index (χ0n) is 10.2. The standard InChI is InChI=1S/C13H15BrClN3/c1-18-11(13(14)17-12(18)8-16)7-6-9-4-2-3-5-10(9)15/h2-5H,6-8,16H2,1H3. The monoisotopic (exact) mass is 327 g/mol. The van der Waals surface area contributed by atoms with Gasteiger partial charge in [0.05, 0.1) is 12.2 Å². The molecule has 5 heteroatoms. The molecule has 96 valence electrons. The number of aryl methyl sites for hydroxylation is 1. The van der Waals surface area contributed by atoms with E-state index in [-0.39, 0.29) is 0 Å². The van der Waals surface area contributed by atoms with Gasteiger partial charge in [-0.05, 0) is 40.4 Å². The van der Waals surface area contributed by atoms with E-state index < -0.39 is 0 Å². The van der Waals surface area contributed by atoms with Crippen LogP contribution in [0.4, 0.5) is 0 Å². The summed E-state index contributed by atoms with van der Waals surface area (Å²) >= 11 is 9.63. The Morgan fingerprint density at radius 1 is 1.33 bits per heavy atom. The van der Waals surface area contributed by atoms with Gasteiger partial charge in [-0.25, -0.2) is 4.98 Å². The Morgan fingerprint density at radius 2 is 2.06 bits per heavy atom. The predicted octanol–water partition coefficient (Wildman–Crippen LogP) is 3.08. The van der Waals surface area contributed by atoms with Gasteiger partial charge in [-0.15, -0.1) is 0 Å². The second-order valence-corrected chi connectivity index (χ2v) is 5.28. The lowest BCUT2D eigenvalue weighted by molar-refractivity contribution is 0.739. The van der Waals surface area contributed by atoms with E-state index in [2.05, 4.69) is 27.0 Å². The molecule has 1 aromatic carbocycles. The number of halogens is 2. The number of hydrogen-bond donors (Lipinski definition) is 1. The summed E-state index contributed by atoms with van der Waals surface area (Å²) in [7, 11) is 1.99. The Morgan fingerprint density at radius 3 is 2.67 bits per heavy atom. The van der Waals surface area contributed by atoms with Gasteiger partial charge in [0, 0.05) is 12.1 Å². The van der Waals surface area contributed by atoms with E-state index in [4.69, 9.17) is 17.3 Å². The van der Waals surface area contributed by atoms with Gasteiger partial charge in [0.15, 0.2) is 0 Å². The summed E-state index contributed by atoms with van der Waals surface area (Å²) in [6.45, 7) is 0.446. The molecule has 2 N–H and O–H groups in total. The van der Waals surface area contributed by atoms with Crippen molar-refractivity contribution >= 4 is 27.5 Å². The third-order valence-electron chi connectivity index (χ3n) is 3.03. The maximum absolute atomic E-state index is 6.15. The molecule has 2 rings (SSSR count). The SMILES string of the molecule is Cn1c(CN)nc(Br)c1CCc1ccccc1Cl. The summed E-state index contributed by atoms with van der Waals surface area (Å²) in [5, 5.41) is 0.815. The lowest BCUT2D eigenvalue weighted by Crippen LogP contribution is -2.07. The van der Waals surface area contributed by atoms with Crippen molar-refractivity contribution in [1.82, 2.24) is 9.55 Å². The van der Waals surface area contributed by atoms with Crippen molar-refractivity contribution in [3.8, 4) is 0 Å². The van der Waals surface area contributed by atoms with Crippen molar-refractivity contribution in [2.45, 2.75) is 19.4 Å². The zero-order chi connectivity index (χ0) is 13.1. The van der Waals surface area contributed by atoms with Crippen molar-refractivity contribution in [1.29, 1.82) is 0 Å². The highest BCUT2D eigenvalue weighted by molar-refractivity contribution is 9.10. The van der Waals surface area contributed by atoms with Crippen LogP contribution in [0.15, 0.2) is 28.9 Å². The molecule has 2 aromatic rings. The number of rotatable bonds is 4. The van der Waals surface area contributed by atoms with Crippen molar-refractivity contribution in [3.63, 3.8) is 0 Å². The number of nitrogens with two attached hydrogens (primary N) is 1. The topological polar surface area (TPSA) is 43.8 Å².